The van der Waals surface area contributed by atoms with Crippen molar-refractivity contribution in [1.29, 1.82) is 0 Å². The maximum Gasteiger partial charge on any atom is 0.232 e. The molecule has 1 aromatic carbocycles. The first-order valence-electron chi connectivity index (χ1n) is 8.66. The van der Waals surface area contributed by atoms with Crippen molar-refractivity contribution in [2.24, 2.45) is 5.92 Å². The summed E-state index contributed by atoms with van der Waals surface area (Å²) in [7, 11) is 1.96. The van der Waals surface area contributed by atoms with Crippen LogP contribution in [0.1, 0.15) is 32.3 Å². The molecule has 0 radical (unpaired) electrons. The minimum Gasteiger partial charge on any atom is -0.345 e. The molecular formula is C19H30N2OS. The van der Waals surface area contributed by atoms with Crippen molar-refractivity contribution in [3.8, 4) is 0 Å². The molecule has 0 atom stereocenters. The average Bonchev–Trinajstić information content (AvgIpc) is 2.55. The second-order valence-corrected chi connectivity index (χ2v) is 8.40. The Hall–Kier alpha value is -1.00. The lowest BCUT2D eigenvalue weighted by Gasteiger charge is -2.34. The Morgan fingerprint density at radius 3 is 2.52 bits per heavy atom. The first-order chi connectivity index (χ1) is 11.0. The van der Waals surface area contributed by atoms with Gasteiger partial charge in [-0.25, -0.2) is 0 Å². The number of likely N-dealkylation sites (tertiary alicyclic amines) is 1. The Bertz CT molecular complexity index is 470. The molecule has 1 aliphatic rings. The van der Waals surface area contributed by atoms with E-state index in [4.69, 9.17) is 0 Å². The number of carbonyl (C=O) groups excluding carboxylic acids is 1. The molecule has 128 valence electrons. The predicted octanol–water partition coefficient (Wildman–Crippen LogP) is 3.50. The van der Waals surface area contributed by atoms with Gasteiger partial charge in [0.15, 0.2) is 0 Å². The van der Waals surface area contributed by atoms with Crippen molar-refractivity contribution < 1.29 is 4.79 Å². The summed E-state index contributed by atoms with van der Waals surface area (Å²) in [4.78, 5) is 16.6. The van der Waals surface area contributed by atoms with Gasteiger partial charge in [-0.2, -0.15) is 0 Å². The van der Waals surface area contributed by atoms with Crippen LogP contribution >= 0.6 is 11.8 Å². The van der Waals surface area contributed by atoms with E-state index in [9.17, 15) is 4.79 Å². The van der Waals surface area contributed by atoms with E-state index >= 15 is 0 Å². The minimum absolute atomic E-state index is 0.274. The smallest absolute Gasteiger partial charge is 0.232 e. The van der Waals surface area contributed by atoms with Crippen molar-refractivity contribution in [1.82, 2.24) is 9.80 Å². The fraction of sp³-hybridized carbons (Fsp3) is 0.632. The number of hydrogen-bond acceptors (Lipinski definition) is 3. The fourth-order valence-electron chi connectivity index (χ4n) is 3.01. The third-order valence-electron chi connectivity index (χ3n) is 4.45. The zero-order valence-corrected chi connectivity index (χ0v) is 15.5. The maximum atomic E-state index is 12.1. The summed E-state index contributed by atoms with van der Waals surface area (Å²) >= 11 is 1.73. The molecule has 4 heteroatoms. The van der Waals surface area contributed by atoms with Crippen molar-refractivity contribution in [3.63, 3.8) is 0 Å². The molecule has 0 unspecified atom stereocenters. The molecule has 1 saturated heterocycles. The fourth-order valence-corrected chi connectivity index (χ4v) is 3.70. The Morgan fingerprint density at radius 1 is 1.26 bits per heavy atom. The monoisotopic (exact) mass is 334 g/mol. The van der Waals surface area contributed by atoms with Gasteiger partial charge in [0.1, 0.15) is 0 Å². The summed E-state index contributed by atoms with van der Waals surface area (Å²) in [5.74, 6) is 1.54. The van der Waals surface area contributed by atoms with Gasteiger partial charge < -0.3 is 4.90 Å². The lowest BCUT2D eigenvalue weighted by molar-refractivity contribution is -0.127. The summed E-state index contributed by atoms with van der Waals surface area (Å²) in [5, 5.41) is 0.522. The second kappa shape index (κ2) is 9.33. The van der Waals surface area contributed by atoms with Crippen LogP contribution in [0.25, 0.3) is 0 Å². The van der Waals surface area contributed by atoms with Crippen LogP contribution in [0, 0.1) is 5.92 Å². The van der Waals surface area contributed by atoms with E-state index < -0.39 is 0 Å². The first kappa shape index (κ1) is 18.3. The zero-order chi connectivity index (χ0) is 16.7. The van der Waals surface area contributed by atoms with Crippen LogP contribution in [0.5, 0.6) is 0 Å². The van der Waals surface area contributed by atoms with Crippen LogP contribution < -0.4 is 0 Å². The summed E-state index contributed by atoms with van der Waals surface area (Å²) in [6, 6.07) is 10.7. The molecule has 0 N–H and O–H groups in total. The highest BCUT2D eigenvalue weighted by Gasteiger charge is 2.22. The molecular weight excluding hydrogens is 304 g/mol. The molecule has 1 fully saturated rings. The van der Waals surface area contributed by atoms with Crippen LogP contribution in [0.2, 0.25) is 0 Å². The van der Waals surface area contributed by atoms with Crippen LogP contribution in [0.15, 0.2) is 30.3 Å². The molecule has 1 heterocycles. The number of nitrogens with zero attached hydrogens (tertiary/aromatic N) is 2. The van der Waals surface area contributed by atoms with Crippen LogP contribution in [-0.4, -0.2) is 53.4 Å². The highest BCUT2D eigenvalue weighted by molar-refractivity contribution is 8.00. The number of carbonyl (C=O) groups is 1. The normalized spacial score (nSPS) is 16.7. The van der Waals surface area contributed by atoms with Gasteiger partial charge in [-0.05, 0) is 42.7 Å². The Kier molecular flexibility index (Phi) is 7.44. The van der Waals surface area contributed by atoms with E-state index in [1.165, 1.54) is 18.4 Å². The lowest BCUT2D eigenvalue weighted by Crippen LogP contribution is -2.39. The van der Waals surface area contributed by atoms with E-state index in [2.05, 4.69) is 49.1 Å². The molecule has 1 amide bonds. The molecule has 23 heavy (non-hydrogen) atoms. The molecule has 0 saturated carbocycles. The highest BCUT2D eigenvalue weighted by atomic mass is 32.2. The predicted molar refractivity (Wildman–Crippen MR) is 99.7 cm³/mol. The summed E-state index contributed by atoms with van der Waals surface area (Å²) < 4.78 is 0. The summed E-state index contributed by atoms with van der Waals surface area (Å²) in [6.07, 6.45) is 2.39. The van der Waals surface area contributed by atoms with Crippen molar-refractivity contribution in [2.75, 3.05) is 32.4 Å². The molecule has 3 nitrogen and oxygen atoms in total. The number of piperidine rings is 1. The summed E-state index contributed by atoms with van der Waals surface area (Å²) in [6.45, 7) is 8.52. The van der Waals surface area contributed by atoms with E-state index in [-0.39, 0.29) is 5.91 Å². The highest BCUT2D eigenvalue weighted by Crippen LogP contribution is 2.20. The molecule has 0 aromatic heterocycles. The molecule has 0 spiro atoms. The van der Waals surface area contributed by atoms with Crippen molar-refractivity contribution in [2.45, 2.75) is 38.5 Å². The largest absolute Gasteiger partial charge is 0.345 e. The molecule has 1 aromatic rings. The van der Waals surface area contributed by atoms with Crippen LogP contribution in [-0.2, 0) is 11.3 Å². The standard InChI is InChI=1S/C19H30N2OS/c1-16(2)23-15-19(22)20(3)13-18-9-11-21(12-10-18)14-17-7-5-4-6-8-17/h4-8,16,18H,9-15H2,1-3H3. The third-order valence-corrected chi connectivity index (χ3v) is 5.53. The number of rotatable bonds is 7. The van der Waals surface area contributed by atoms with Crippen LogP contribution in [0.3, 0.4) is 0 Å². The van der Waals surface area contributed by atoms with Gasteiger partial charge in [-0.3, -0.25) is 9.69 Å². The number of benzene rings is 1. The SMILES string of the molecule is CC(C)SCC(=O)N(C)CC1CCN(Cc2ccccc2)CC1. The Morgan fingerprint density at radius 2 is 1.91 bits per heavy atom. The Balaban J connectivity index is 1.69. The van der Waals surface area contributed by atoms with Gasteiger partial charge >= 0.3 is 0 Å². The van der Waals surface area contributed by atoms with Crippen molar-refractivity contribution >= 4 is 17.7 Å². The number of amides is 1. The minimum atomic E-state index is 0.274. The van der Waals surface area contributed by atoms with Gasteiger partial charge in [0.25, 0.3) is 0 Å². The van der Waals surface area contributed by atoms with Gasteiger partial charge in [0, 0.05) is 20.1 Å². The topological polar surface area (TPSA) is 23.6 Å². The average molecular weight is 335 g/mol. The molecule has 1 aliphatic heterocycles. The van der Waals surface area contributed by atoms with E-state index in [0.717, 1.165) is 26.2 Å². The molecule has 0 bridgehead atoms. The third kappa shape index (κ3) is 6.56. The van der Waals surface area contributed by atoms with Gasteiger partial charge in [-0.15, -0.1) is 11.8 Å². The lowest BCUT2D eigenvalue weighted by atomic mass is 9.96. The number of thioether (sulfide) groups is 1. The quantitative estimate of drug-likeness (QED) is 0.762. The molecule has 0 aliphatic carbocycles. The van der Waals surface area contributed by atoms with Crippen molar-refractivity contribution in [3.05, 3.63) is 35.9 Å². The van der Waals surface area contributed by atoms with E-state index in [0.29, 0.717) is 16.9 Å². The van der Waals surface area contributed by atoms with Crippen LogP contribution in [0.4, 0.5) is 0 Å². The van der Waals surface area contributed by atoms with Gasteiger partial charge in [0.05, 0.1) is 5.75 Å². The zero-order valence-electron chi connectivity index (χ0n) is 14.7. The summed E-state index contributed by atoms with van der Waals surface area (Å²) in [5.41, 5.74) is 1.39. The van der Waals surface area contributed by atoms with E-state index in [1.807, 2.05) is 11.9 Å². The van der Waals surface area contributed by atoms with Gasteiger partial charge in [-0.1, -0.05) is 44.2 Å². The number of hydrogen-bond donors (Lipinski definition) is 0. The second-order valence-electron chi connectivity index (χ2n) is 6.84. The van der Waals surface area contributed by atoms with Gasteiger partial charge in [0.2, 0.25) is 5.91 Å². The Labute approximate surface area is 145 Å². The first-order valence-corrected chi connectivity index (χ1v) is 9.71. The molecule has 2 rings (SSSR count). The van der Waals surface area contributed by atoms with E-state index in [1.54, 1.807) is 11.8 Å². The maximum absolute atomic E-state index is 12.1.